The SMILES string of the molecule is Cc1ccc(-c2cc(C(=O)NC(C)CCc3ccccc3)n(-c3ccc(F)cc3)n2)cc1C. The van der Waals surface area contributed by atoms with Crippen molar-refractivity contribution in [1.82, 2.24) is 15.1 Å². The van der Waals surface area contributed by atoms with Crippen LogP contribution in [0.1, 0.15) is 40.5 Å². The lowest BCUT2D eigenvalue weighted by atomic mass is 10.0. The van der Waals surface area contributed by atoms with E-state index in [1.54, 1.807) is 22.9 Å². The van der Waals surface area contributed by atoms with E-state index >= 15 is 0 Å². The minimum atomic E-state index is -0.333. The molecule has 33 heavy (non-hydrogen) atoms. The van der Waals surface area contributed by atoms with Crippen molar-refractivity contribution < 1.29 is 9.18 Å². The first-order chi connectivity index (χ1) is 15.9. The zero-order valence-corrected chi connectivity index (χ0v) is 19.2. The number of hydrogen-bond acceptors (Lipinski definition) is 2. The molecule has 0 fully saturated rings. The molecule has 1 amide bonds. The lowest BCUT2D eigenvalue weighted by molar-refractivity contribution is 0.0930. The number of halogens is 1. The van der Waals surface area contributed by atoms with Crippen LogP contribution in [0.25, 0.3) is 16.9 Å². The largest absolute Gasteiger partial charge is 0.348 e. The molecule has 0 aliphatic heterocycles. The Bertz CT molecular complexity index is 1250. The third kappa shape index (κ3) is 5.37. The van der Waals surface area contributed by atoms with Crippen LogP contribution in [0.15, 0.2) is 78.9 Å². The molecule has 1 heterocycles. The zero-order chi connectivity index (χ0) is 23.4. The van der Waals surface area contributed by atoms with Crippen molar-refractivity contribution in [3.05, 3.63) is 107 Å². The first kappa shape index (κ1) is 22.5. The number of carbonyl (C=O) groups excluding carboxylic acids is 1. The van der Waals surface area contributed by atoms with Gasteiger partial charge in [0.2, 0.25) is 0 Å². The van der Waals surface area contributed by atoms with Crippen LogP contribution in [0, 0.1) is 19.7 Å². The number of carbonyl (C=O) groups is 1. The molecule has 4 nitrogen and oxygen atoms in total. The Hall–Kier alpha value is -3.73. The van der Waals surface area contributed by atoms with E-state index < -0.39 is 0 Å². The number of hydrogen-bond donors (Lipinski definition) is 1. The van der Waals surface area contributed by atoms with E-state index in [0.717, 1.165) is 24.0 Å². The molecular formula is C28H28FN3O. The predicted octanol–water partition coefficient (Wildman–Crippen LogP) is 6.05. The lowest BCUT2D eigenvalue weighted by Gasteiger charge is -2.14. The van der Waals surface area contributed by atoms with Gasteiger partial charge in [0, 0.05) is 11.6 Å². The molecule has 0 spiro atoms. The summed E-state index contributed by atoms with van der Waals surface area (Å²) in [6.45, 7) is 6.12. The summed E-state index contributed by atoms with van der Waals surface area (Å²) in [7, 11) is 0. The maximum Gasteiger partial charge on any atom is 0.270 e. The zero-order valence-electron chi connectivity index (χ0n) is 19.2. The maximum absolute atomic E-state index is 13.5. The van der Waals surface area contributed by atoms with E-state index in [9.17, 15) is 9.18 Å². The van der Waals surface area contributed by atoms with Crippen molar-refractivity contribution in [3.8, 4) is 16.9 Å². The maximum atomic E-state index is 13.5. The minimum absolute atomic E-state index is 0.0145. The topological polar surface area (TPSA) is 46.9 Å². The number of aryl methyl sites for hydroxylation is 3. The summed E-state index contributed by atoms with van der Waals surface area (Å²) < 4.78 is 15.1. The second kappa shape index (κ2) is 9.82. The van der Waals surface area contributed by atoms with Gasteiger partial charge >= 0.3 is 0 Å². The molecule has 0 saturated carbocycles. The van der Waals surface area contributed by atoms with E-state index in [0.29, 0.717) is 17.1 Å². The molecule has 0 radical (unpaired) electrons. The van der Waals surface area contributed by atoms with Gasteiger partial charge in [0.25, 0.3) is 5.91 Å². The van der Waals surface area contributed by atoms with Gasteiger partial charge < -0.3 is 5.32 Å². The summed E-state index contributed by atoms with van der Waals surface area (Å²) in [4.78, 5) is 13.2. The molecule has 0 saturated heterocycles. The Morgan fingerprint density at radius 1 is 0.970 bits per heavy atom. The second-order valence-electron chi connectivity index (χ2n) is 8.50. The summed E-state index contributed by atoms with van der Waals surface area (Å²) in [5, 5.41) is 7.81. The lowest BCUT2D eigenvalue weighted by Crippen LogP contribution is -2.34. The molecule has 0 bridgehead atoms. The summed E-state index contributed by atoms with van der Waals surface area (Å²) in [6.07, 6.45) is 1.71. The Balaban J connectivity index is 1.60. The van der Waals surface area contributed by atoms with Crippen LogP contribution >= 0.6 is 0 Å². The van der Waals surface area contributed by atoms with E-state index in [4.69, 9.17) is 5.10 Å². The van der Waals surface area contributed by atoms with Gasteiger partial charge in [0.05, 0.1) is 11.4 Å². The highest BCUT2D eigenvalue weighted by Crippen LogP contribution is 2.24. The minimum Gasteiger partial charge on any atom is -0.348 e. The summed E-state index contributed by atoms with van der Waals surface area (Å²) in [6, 6.07) is 24.1. The molecular weight excluding hydrogens is 413 g/mol. The van der Waals surface area contributed by atoms with Crippen molar-refractivity contribution in [2.24, 2.45) is 0 Å². The van der Waals surface area contributed by atoms with E-state index in [-0.39, 0.29) is 17.8 Å². The van der Waals surface area contributed by atoms with Crippen LogP contribution in [0.3, 0.4) is 0 Å². The molecule has 4 rings (SSSR count). The van der Waals surface area contributed by atoms with Gasteiger partial charge in [-0.3, -0.25) is 4.79 Å². The third-order valence-corrected chi connectivity index (χ3v) is 5.90. The number of nitrogens with zero attached hydrogens (tertiary/aromatic N) is 2. The first-order valence-corrected chi connectivity index (χ1v) is 11.2. The monoisotopic (exact) mass is 441 g/mol. The summed E-state index contributed by atoms with van der Waals surface area (Å²) >= 11 is 0. The highest BCUT2D eigenvalue weighted by molar-refractivity contribution is 5.94. The van der Waals surface area contributed by atoms with Gasteiger partial charge in [-0.05, 0) is 86.7 Å². The summed E-state index contributed by atoms with van der Waals surface area (Å²) in [5.74, 6) is -0.539. The fourth-order valence-corrected chi connectivity index (χ4v) is 3.76. The third-order valence-electron chi connectivity index (χ3n) is 5.90. The number of nitrogens with one attached hydrogen (secondary N) is 1. The molecule has 3 aromatic carbocycles. The van der Waals surface area contributed by atoms with Crippen LogP contribution in [0.5, 0.6) is 0 Å². The molecule has 1 atom stereocenters. The Morgan fingerprint density at radius 2 is 1.70 bits per heavy atom. The van der Waals surface area contributed by atoms with Gasteiger partial charge in [-0.2, -0.15) is 5.10 Å². The van der Waals surface area contributed by atoms with Gasteiger partial charge in [-0.15, -0.1) is 0 Å². The highest BCUT2D eigenvalue weighted by atomic mass is 19.1. The predicted molar refractivity (Wildman–Crippen MR) is 130 cm³/mol. The average molecular weight is 442 g/mol. The Kier molecular flexibility index (Phi) is 6.68. The van der Waals surface area contributed by atoms with Gasteiger partial charge in [-0.1, -0.05) is 42.5 Å². The second-order valence-corrected chi connectivity index (χ2v) is 8.50. The average Bonchev–Trinajstić information content (AvgIpc) is 3.26. The van der Waals surface area contributed by atoms with E-state index in [2.05, 4.69) is 37.4 Å². The molecule has 1 unspecified atom stereocenters. The van der Waals surface area contributed by atoms with E-state index in [1.165, 1.54) is 23.3 Å². The van der Waals surface area contributed by atoms with Crippen LogP contribution < -0.4 is 5.32 Å². The first-order valence-electron chi connectivity index (χ1n) is 11.2. The molecule has 1 N–H and O–H groups in total. The van der Waals surface area contributed by atoms with E-state index in [1.807, 2.05) is 37.3 Å². The van der Waals surface area contributed by atoms with Crippen molar-refractivity contribution in [2.45, 2.75) is 39.7 Å². The number of benzene rings is 3. The van der Waals surface area contributed by atoms with Crippen molar-refractivity contribution in [1.29, 1.82) is 0 Å². The molecule has 5 heteroatoms. The fourth-order valence-electron chi connectivity index (χ4n) is 3.76. The smallest absolute Gasteiger partial charge is 0.270 e. The standard InChI is InChI=1S/C28H28FN3O/c1-19-9-12-23(17-20(19)2)26-18-27(32(31-26)25-15-13-24(29)14-16-25)28(33)30-21(3)10-11-22-7-5-4-6-8-22/h4-9,12-18,21H,10-11H2,1-3H3,(H,30,33). The quantitative estimate of drug-likeness (QED) is 0.380. The normalized spacial score (nSPS) is 11.9. The molecule has 0 aliphatic rings. The van der Waals surface area contributed by atoms with Crippen molar-refractivity contribution in [2.75, 3.05) is 0 Å². The highest BCUT2D eigenvalue weighted by Gasteiger charge is 2.19. The number of rotatable bonds is 7. The van der Waals surface area contributed by atoms with Gasteiger partial charge in [-0.25, -0.2) is 9.07 Å². The number of aromatic nitrogens is 2. The van der Waals surface area contributed by atoms with Crippen LogP contribution in [-0.2, 0) is 6.42 Å². The fraction of sp³-hybridized carbons (Fsp3) is 0.214. The Labute approximate surface area is 194 Å². The molecule has 4 aromatic rings. The number of amides is 1. The summed E-state index contributed by atoms with van der Waals surface area (Å²) in [5.41, 5.74) is 6.28. The molecule has 0 aliphatic carbocycles. The molecule has 1 aromatic heterocycles. The van der Waals surface area contributed by atoms with Gasteiger partial charge in [0.1, 0.15) is 11.5 Å². The molecule has 168 valence electrons. The van der Waals surface area contributed by atoms with Crippen LogP contribution in [-0.4, -0.2) is 21.7 Å². The Morgan fingerprint density at radius 3 is 2.39 bits per heavy atom. The van der Waals surface area contributed by atoms with Crippen molar-refractivity contribution >= 4 is 5.91 Å². The van der Waals surface area contributed by atoms with Gasteiger partial charge in [0.15, 0.2) is 0 Å². The van der Waals surface area contributed by atoms with Crippen molar-refractivity contribution in [3.63, 3.8) is 0 Å². The van der Waals surface area contributed by atoms with Crippen LogP contribution in [0.2, 0.25) is 0 Å². The van der Waals surface area contributed by atoms with Crippen LogP contribution in [0.4, 0.5) is 4.39 Å².